The van der Waals surface area contributed by atoms with Gasteiger partial charge in [-0.3, -0.25) is 9.59 Å². The van der Waals surface area contributed by atoms with E-state index in [1.165, 1.54) is 13.3 Å². The summed E-state index contributed by atoms with van der Waals surface area (Å²) in [6, 6.07) is 19.5. The van der Waals surface area contributed by atoms with E-state index in [2.05, 4.69) is 20.6 Å². The highest BCUT2D eigenvalue weighted by Crippen LogP contribution is 2.18. The number of carbonyl (C=O) groups is 3. The molecule has 2 N–H and O–H groups in total. The van der Waals surface area contributed by atoms with E-state index in [1.54, 1.807) is 36.4 Å². The first-order valence-corrected chi connectivity index (χ1v) is 8.38. The molecule has 7 heteroatoms. The van der Waals surface area contributed by atoms with Crippen LogP contribution in [-0.4, -0.2) is 31.1 Å². The van der Waals surface area contributed by atoms with Crippen LogP contribution in [0.4, 0.5) is 5.69 Å². The molecule has 0 unspecified atom stereocenters. The Hall–Kier alpha value is -4.00. The van der Waals surface area contributed by atoms with Crippen molar-refractivity contribution in [3.63, 3.8) is 0 Å². The van der Waals surface area contributed by atoms with E-state index in [4.69, 9.17) is 0 Å². The molecular weight excluding hydrogens is 358 g/mol. The van der Waals surface area contributed by atoms with Gasteiger partial charge in [-0.1, -0.05) is 42.5 Å². The zero-order chi connectivity index (χ0) is 19.9. The van der Waals surface area contributed by atoms with E-state index in [0.29, 0.717) is 16.8 Å². The molecule has 3 rings (SSSR count). The second-order valence-electron chi connectivity index (χ2n) is 5.83. The van der Waals surface area contributed by atoms with Crippen LogP contribution in [-0.2, 0) is 14.3 Å². The van der Waals surface area contributed by atoms with Gasteiger partial charge in [0.25, 0.3) is 0 Å². The fourth-order valence-electron chi connectivity index (χ4n) is 2.49. The molecule has 0 aliphatic heterocycles. The average Bonchev–Trinajstić information content (AvgIpc) is 2.73. The van der Waals surface area contributed by atoms with Gasteiger partial charge in [0.1, 0.15) is 0 Å². The van der Waals surface area contributed by atoms with Gasteiger partial charge >= 0.3 is 17.8 Å². The summed E-state index contributed by atoms with van der Waals surface area (Å²) in [5.74, 6) is -2.16. The Morgan fingerprint density at radius 1 is 0.893 bits per heavy atom. The van der Waals surface area contributed by atoms with Crippen molar-refractivity contribution in [3.05, 3.63) is 77.9 Å². The topological polar surface area (TPSA) is 96.9 Å². The van der Waals surface area contributed by atoms with Crippen molar-refractivity contribution in [1.29, 1.82) is 0 Å². The maximum Gasteiger partial charge on any atom is 0.337 e. The van der Waals surface area contributed by atoms with Crippen molar-refractivity contribution in [2.45, 2.75) is 0 Å². The van der Waals surface area contributed by atoms with Crippen LogP contribution in [0.25, 0.3) is 10.8 Å². The Bertz CT molecular complexity index is 1060. The van der Waals surface area contributed by atoms with Crippen LogP contribution >= 0.6 is 0 Å². The van der Waals surface area contributed by atoms with Gasteiger partial charge < -0.3 is 10.1 Å². The fourth-order valence-corrected chi connectivity index (χ4v) is 2.49. The molecule has 0 atom stereocenters. The first-order valence-electron chi connectivity index (χ1n) is 8.38. The number of nitrogens with one attached hydrogen (secondary N) is 2. The molecule has 0 aliphatic rings. The Morgan fingerprint density at radius 3 is 2.32 bits per heavy atom. The number of hydrazone groups is 1. The van der Waals surface area contributed by atoms with Gasteiger partial charge in [0, 0.05) is 5.69 Å². The van der Waals surface area contributed by atoms with Crippen molar-refractivity contribution in [2.24, 2.45) is 5.10 Å². The molecule has 0 fully saturated rings. The van der Waals surface area contributed by atoms with Crippen molar-refractivity contribution in [1.82, 2.24) is 5.43 Å². The van der Waals surface area contributed by atoms with Crippen LogP contribution in [0.1, 0.15) is 15.9 Å². The van der Waals surface area contributed by atoms with Crippen molar-refractivity contribution in [3.8, 4) is 0 Å². The third-order valence-corrected chi connectivity index (χ3v) is 3.93. The summed E-state index contributed by atoms with van der Waals surface area (Å²) in [4.78, 5) is 35.2. The number of nitrogens with zero attached hydrogens (tertiary/aromatic N) is 1. The SMILES string of the molecule is COC(=O)c1ccc(C=NNC(=O)C(=O)Nc2ccc3ccccc3c2)cc1. The van der Waals surface area contributed by atoms with Gasteiger partial charge in [0.15, 0.2) is 0 Å². The van der Waals surface area contributed by atoms with Gasteiger partial charge in [0.2, 0.25) is 0 Å². The predicted molar refractivity (Wildman–Crippen MR) is 106 cm³/mol. The van der Waals surface area contributed by atoms with Crippen LogP contribution in [0.5, 0.6) is 0 Å². The first-order chi connectivity index (χ1) is 13.6. The molecule has 0 radical (unpaired) electrons. The minimum absolute atomic E-state index is 0.401. The second kappa shape index (κ2) is 8.59. The molecule has 28 heavy (non-hydrogen) atoms. The van der Waals surface area contributed by atoms with Crippen molar-refractivity contribution >= 4 is 40.5 Å². The number of amides is 2. The van der Waals surface area contributed by atoms with Gasteiger partial charge in [-0.2, -0.15) is 5.10 Å². The molecule has 3 aromatic rings. The minimum atomic E-state index is -0.893. The summed E-state index contributed by atoms with van der Waals surface area (Å²) in [6.07, 6.45) is 1.36. The normalized spacial score (nSPS) is 10.6. The molecule has 0 heterocycles. The largest absolute Gasteiger partial charge is 0.465 e. The summed E-state index contributed by atoms with van der Waals surface area (Å²) in [5, 5.41) is 8.27. The van der Waals surface area contributed by atoms with Crippen LogP contribution < -0.4 is 10.7 Å². The fraction of sp³-hybridized carbons (Fsp3) is 0.0476. The Labute approximate surface area is 161 Å². The molecule has 0 spiro atoms. The van der Waals surface area contributed by atoms with Crippen molar-refractivity contribution < 1.29 is 19.1 Å². The maximum atomic E-state index is 12.0. The lowest BCUT2D eigenvalue weighted by atomic mass is 10.1. The number of esters is 1. The smallest absolute Gasteiger partial charge is 0.337 e. The Morgan fingerprint density at radius 2 is 1.61 bits per heavy atom. The summed E-state index contributed by atoms with van der Waals surface area (Å²) in [6.45, 7) is 0. The number of ether oxygens (including phenoxy) is 1. The number of carbonyl (C=O) groups excluding carboxylic acids is 3. The van der Waals surface area contributed by atoms with Crippen molar-refractivity contribution in [2.75, 3.05) is 12.4 Å². The van der Waals surface area contributed by atoms with E-state index < -0.39 is 17.8 Å². The number of methoxy groups -OCH3 is 1. The molecule has 0 saturated heterocycles. The number of rotatable bonds is 4. The Balaban J connectivity index is 1.56. The van der Waals surface area contributed by atoms with E-state index in [9.17, 15) is 14.4 Å². The molecule has 2 amide bonds. The number of anilines is 1. The molecule has 7 nitrogen and oxygen atoms in total. The predicted octanol–water partition coefficient (Wildman–Crippen LogP) is 2.72. The highest BCUT2D eigenvalue weighted by atomic mass is 16.5. The van der Waals surface area contributed by atoms with E-state index in [0.717, 1.165) is 10.8 Å². The number of hydrogen-bond acceptors (Lipinski definition) is 5. The maximum absolute atomic E-state index is 12.0. The highest BCUT2D eigenvalue weighted by Gasteiger charge is 2.13. The third-order valence-electron chi connectivity index (χ3n) is 3.93. The molecule has 0 saturated carbocycles. The molecule has 0 aromatic heterocycles. The summed E-state index contributed by atoms with van der Waals surface area (Å²) in [7, 11) is 1.30. The average molecular weight is 375 g/mol. The number of hydrogen-bond donors (Lipinski definition) is 2. The lowest BCUT2D eigenvalue weighted by Gasteiger charge is -2.05. The number of benzene rings is 3. The van der Waals surface area contributed by atoms with E-state index >= 15 is 0 Å². The standard InChI is InChI=1S/C21H17N3O4/c1-28-21(27)16-8-6-14(7-9-16)13-22-24-20(26)19(25)23-18-11-10-15-4-2-3-5-17(15)12-18/h2-13H,1H3,(H,23,25)(H,24,26). The Kier molecular flexibility index (Phi) is 5.76. The van der Waals surface area contributed by atoms with Gasteiger partial charge in [-0.25, -0.2) is 10.2 Å². The first kappa shape index (κ1) is 18.8. The summed E-state index contributed by atoms with van der Waals surface area (Å²) < 4.78 is 4.61. The molecule has 3 aromatic carbocycles. The van der Waals surface area contributed by atoms with E-state index in [1.807, 2.05) is 30.3 Å². The van der Waals surface area contributed by atoms with Crippen LogP contribution in [0, 0.1) is 0 Å². The van der Waals surface area contributed by atoms with Gasteiger partial charge in [-0.15, -0.1) is 0 Å². The second-order valence-corrected chi connectivity index (χ2v) is 5.83. The highest BCUT2D eigenvalue weighted by molar-refractivity contribution is 6.39. The molecule has 0 aliphatic carbocycles. The van der Waals surface area contributed by atoms with Crippen LogP contribution in [0.15, 0.2) is 71.8 Å². The van der Waals surface area contributed by atoms with E-state index in [-0.39, 0.29) is 0 Å². The lowest BCUT2D eigenvalue weighted by Crippen LogP contribution is -2.32. The minimum Gasteiger partial charge on any atom is -0.465 e. The monoisotopic (exact) mass is 375 g/mol. The van der Waals surface area contributed by atoms with Crippen LogP contribution in [0.2, 0.25) is 0 Å². The molecule has 140 valence electrons. The quantitative estimate of drug-likeness (QED) is 0.317. The summed E-state index contributed by atoms with van der Waals surface area (Å²) in [5.41, 5.74) is 3.72. The van der Waals surface area contributed by atoms with Crippen LogP contribution in [0.3, 0.4) is 0 Å². The molecule has 0 bridgehead atoms. The third kappa shape index (κ3) is 4.59. The van der Waals surface area contributed by atoms with Gasteiger partial charge in [-0.05, 0) is 40.6 Å². The summed E-state index contributed by atoms with van der Waals surface area (Å²) >= 11 is 0. The number of fused-ring (bicyclic) bond motifs is 1. The zero-order valence-electron chi connectivity index (χ0n) is 15.0. The zero-order valence-corrected chi connectivity index (χ0v) is 15.0. The van der Waals surface area contributed by atoms with Gasteiger partial charge in [0.05, 0.1) is 18.9 Å². The lowest BCUT2D eigenvalue weighted by molar-refractivity contribution is -0.136. The molecular formula is C21H17N3O4.